The highest BCUT2D eigenvalue weighted by Crippen LogP contribution is 2.32. The molecule has 14 nitrogen and oxygen atoms in total. The Bertz CT molecular complexity index is 1460. The molecular formula is C30H41ClN6O8. The molecule has 3 unspecified atom stereocenters. The van der Waals surface area contributed by atoms with E-state index < -0.39 is 29.9 Å². The number of carbonyl (C=O) groups excluding carboxylic acids is 2. The number of carbonyl (C=O) groups is 2. The Balaban J connectivity index is 1.24. The fourth-order valence-electron chi connectivity index (χ4n) is 4.98. The number of hydrogen-bond acceptors (Lipinski definition) is 10. The van der Waals surface area contributed by atoms with Crippen molar-refractivity contribution < 1.29 is 34.0 Å². The predicted molar refractivity (Wildman–Crippen MR) is 167 cm³/mol. The van der Waals surface area contributed by atoms with Gasteiger partial charge in [0.05, 0.1) is 43.5 Å². The maximum absolute atomic E-state index is 13.2. The number of anilines is 1. The Kier molecular flexibility index (Phi) is 13.2. The van der Waals surface area contributed by atoms with Gasteiger partial charge in [0.2, 0.25) is 5.95 Å². The van der Waals surface area contributed by atoms with Crippen LogP contribution in [0.3, 0.4) is 0 Å². The fraction of sp³-hybridized carbons (Fsp3) is 0.533. The van der Waals surface area contributed by atoms with E-state index >= 15 is 0 Å². The van der Waals surface area contributed by atoms with Crippen molar-refractivity contribution >= 4 is 40.4 Å². The number of aliphatic hydroxyl groups is 2. The first-order valence-corrected chi connectivity index (χ1v) is 15.6. The van der Waals surface area contributed by atoms with Gasteiger partial charge in [0.1, 0.15) is 12.3 Å². The van der Waals surface area contributed by atoms with Gasteiger partial charge >= 0.3 is 0 Å². The topological polar surface area (TPSA) is 203 Å². The number of alkyl halides is 1. The zero-order valence-electron chi connectivity index (χ0n) is 25.0. The first kappa shape index (κ1) is 34.3. The molecule has 1 fully saturated rings. The summed E-state index contributed by atoms with van der Waals surface area (Å²) in [5.74, 6) is -0.227. The Morgan fingerprint density at radius 2 is 1.80 bits per heavy atom. The van der Waals surface area contributed by atoms with E-state index in [-0.39, 0.29) is 48.0 Å². The lowest BCUT2D eigenvalue weighted by molar-refractivity contribution is -0.0430. The van der Waals surface area contributed by atoms with E-state index in [0.29, 0.717) is 44.4 Å². The maximum atomic E-state index is 13.2. The number of nitrogens with two attached hydrogens (primary N) is 1. The minimum Gasteiger partial charge on any atom is -0.394 e. The molecule has 0 aliphatic carbocycles. The van der Waals surface area contributed by atoms with Crippen LogP contribution in [0.2, 0.25) is 0 Å². The minimum atomic E-state index is -0.927. The lowest BCUT2D eigenvalue weighted by Crippen LogP contribution is -2.27. The molecule has 1 aliphatic heterocycles. The lowest BCUT2D eigenvalue weighted by Gasteiger charge is -2.14. The van der Waals surface area contributed by atoms with Gasteiger partial charge in [0, 0.05) is 43.8 Å². The summed E-state index contributed by atoms with van der Waals surface area (Å²) in [6.07, 6.45) is 3.32. The minimum absolute atomic E-state index is 0.0182. The third kappa shape index (κ3) is 9.48. The molecule has 0 radical (unpaired) electrons. The molecule has 7 N–H and O–H groups in total. The van der Waals surface area contributed by atoms with E-state index in [2.05, 4.69) is 20.6 Å². The summed E-state index contributed by atoms with van der Waals surface area (Å²) in [5, 5.41) is 25.2. The summed E-state index contributed by atoms with van der Waals surface area (Å²) in [7, 11) is 0. The molecular weight excluding hydrogens is 608 g/mol. The molecule has 2 aromatic heterocycles. The molecule has 0 bridgehead atoms. The fourth-order valence-corrected chi connectivity index (χ4v) is 5.17. The standard InChI is InChI=1S/C30H41ClN6O8/c31-9-3-1-2-4-11-43-13-14-44-12-10-33-27(40)20-7-5-19(6-8-20)16-34-28(41)21-17-37(24-15-22(39)23(18-38)45-24)26-25(21)29(42)36-30(32)35-26/h5-8,17,22-24,38-39H,1-4,9-16,18H2,(H,33,40)(H,34,41)(H3,32,35,36,42). The van der Waals surface area contributed by atoms with Gasteiger partial charge in [-0.2, -0.15) is 4.98 Å². The van der Waals surface area contributed by atoms with Crippen molar-refractivity contribution in [3.8, 4) is 0 Å². The first-order chi connectivity index (χ1) is 21.8. The van der Waals surface area contributed by atoms with Gasteiger partial charge in [-0.15, -0.1) is 11.6 Å². The van der Waals surface area contributed by atoms with Crippen LogP contribution >= 0.6 is 11.6 Å². The third-order valence-electron chi connectivity index (χ3n) is 7.39. The normalized spacial score (nSPS) is 18.0. The summed E-state index contributed by atoms with van der Waals surface area (Å²) >= 11 is 5.66. The van der Waals surface area contributed by atoms with Crippen LogP contribution < -0.4 is 21.9 Å². The second-order valence-electron chi connectivity index (χ2n) is 10.7. The number of H-pyrrole nitrogens is 1. The number of amides is 2. The number of unbranched alkanes of at least 4 members (excludes halogenated alkanes) is 3. The lowest BCUT2D eigenvalue weighted by atomic mass is 10.1. The quantitative estimate of drug-likeness (QED) is 0.0865. The molecule has 2 amide bonds. The molecule has 45 heavy (non-hydrogen) atoms. The van der Waals surface area contributed by atoms with E-state index in [1.54, 1.807) is 24.3 Å². The molecule has 0 saturated carbocycles. The Hall–Kier alpha value is -3.53. The zero-order valence-corrected chi connectivity index (χ0v) is 25.8. The maximum Gasteiger partial charge on any atom is 0.262 e. The number of fused-ring (bicyclic) bond motifs is 1. The Morgan fingerprint density at radius 3 is 2.51 bits per heavy atom. The second kappa shape index (κ2) is 17.2. The average Bonchev–Trinajstić information content (AvgIpc) is 3.60. The summed E-state index contributed by atoms with van der Waals surface area (Å²) in [4.78, 5) is 45.0. The van der Waals surface area contributed by atoms with E-state index in [1.807, 2.05) is 0 Å². The van der Waals surface area contributed by atoms with Gasteiger partial charge in [0.15, 0.2) is 5.65 Å². The van der Waals surface area contributed by atoms with Crippen molar-refractivity contribution in [2.24, 2.45) is 0 Å². The van der Waals surface area contributed by atoms with Crippen molar-refractivity contribution in [2.45, 2.75) is 57.1 Å². The number of hydrogen-bond donors (Lipinski definition) is 6. The van der Waals surface area contributed by atoms with E-state index in [9.17, 15) is 24.6 Å². The molecule has 246 valence electrons. The third-order valence-corrected chi connectivity index (χ3v) is 7.65. The van der Waals surface area contributed by atoms with Crippen molar-refractivity contribution in [2.75, 3.05) is 51.2 Å². The van der Waals surface area contributed by atoms with Crippen molar-refractivity contribution in [3.05, 3.63) is 57.5 Å². The first-order valence-electron chi connectivity index (χ1n) is 15.0. The molecule has 1 aliphatic rings. The number of halogens is 1. The van der Waals surface area contributed by atoms with Crippen LogP contribution in [0.25, 0.3) is 11.0 Å². The van der Waals surface area contributed by atoms with Crippen LogP contribution in [-0.4, -0.2) is 94.2 Å². The van der Waals surface area contributed by atoms with Gasteiger partial charge in [0.25, 0.3) is 17.4 Å². The van der Waals surface area contributed by atoms with Crippen LogP contribution in [0, 0.1) is 0 Å². The van der Waals surface area contributed by atoms with Crippen LogP contribution in [0.1, 0.15) is 64.6 Å². The molecule has 15 heteroatoms. The van der Waals surface area contributed by atoms with Crippen molar-refractivity contribution in [1.82, 2.24) is 25.2 Å². The number of nitrogens with one attached hydrogen (secondary N) is 3. The summed E-state index contributed by atoms with van der Waals surface area (Å²) < 4.78 is 18.2. The number of aromatic nitrogens is 3. The van der Waals surface area contributed by atoms with Crippen molar-refractivity contribution in [3.63, 3.8) is 0 Å². The van der Waals surface area contributed by atoms with Gasteiger partial charge in [-0.05, 0) is 30.5 Å². The van der Waals surface area contributed by atoms with Gasteiger partial charge in [-0.1, -0.05) is 25.0 Å². The molecule has 3 heterocycles. The van der Waals surface area contributed by atoms with Crippen LogP contribution in [-0.2, 0) is 20.8 Å². The van der Waals surface area contributed by atoms with E-state index in [4.69, 9.17) is 31.5 Å². The number of nitrogen functional groups attached to an aromatic ring is 1. The molecule has 3 atom stereocenters. The summed E-state index contributed by atoms with van der Waals surface area (Å²) in [5.41, 5.74) is 6.51. The summed E-state index contributed by atoms with van der Waals surface area (Å²) in [6, 6.07) is 6.75. The number of nitrogens with zero attached hydrogens (tertiary/aromatic N) is 2. The number of aliphatic hydroxyl groups excluding tert-OH is 2. The van der Waals surface area contributed by atoms with Crippen molar-refractivity contribution in [1.29, 1.82) is 0 Å². The molecule has 1 saturated heterocycles. The number of benzene rings is 1. The highest BCUT2D eigenvalue weighted by molar-refractivity contribution is 6.17. The molecule has 3 aromatic rings. The van der Waals surface area contributed by atoms with Gasteiger partial charge in [-0.3, -0.25) is 19.4 Å². The van der Waals surface area contributed by atoms with Crippen LogP contribution in [0.15, 0.2) is 35.3 Å². The molecule has 0 spiro atoms. The molecule has 1 aromatic carbocycles. The van der Waals surface area contributed by atoms with E-state index in [1.165, 1.54) is 10.8 Å². The monoisotopic (exact) mass is 648 g/mol. The van der Waals surface area contributed by atoms with Crippen LogP contribution in [0.4, 0.5) is 5.95 Å². The Labute approximate surface area is 265 Å². The largest absolute Gasteiger partial charge is 0.394 e. The number of aromatic amines is 1. The average molecular weight is 649 g/mol. The van der Waals surface area contributed by atoms with Gasteiger partial charge < -0.3 is 45.4 Å². The number of rotatable bonds is 18. The van der Waals surface area contributed by atoms with Crippen LogP contribution in [0.5, 0.6) is 0 Å². The second-order valence-corrected chi connectivity index (χ2v) is 11.1. The zero-order chi connectivity index (χ0) is 32.2. The smallest absolute Gasteiger partial charge is 0.262 e. The highest BCUT2D eigenvalue weighted by atomic mass is 35.5. The number of ether oxygens (including phenoxy) is 3. The summed E-state index contributed by atoms with van der Waals surface area (Å²) in [6.45, 7) is 2.13. The van der Waals surface area contributed by atoms with E-state index in [0.717, 1.165) is 31.2 Å². The highest BCUT2D eigenvalue weighted by Gasteiger charge is 2.36. The Morgan fingerprint density at radius 1 is 1.07 bits per heavy atom. The van der Waals surface area contributed by atoms with Gasteiger partial charge in [-0.25, -0.2) is 0 Å². The predicted octanol–water partition coefficient (Wildman–Crippen LogP) is 1.44. The SMILES string of the molecule is Nc1nc2c(c(C(=O)NCc3ccc(C(=O)NCCOCCOCCCCCCCl)cc3)cn2C2CC(O)C(CO)O2)c(=O)[nH]1. The molecule has 4 rings (SSSR count).